The molecule has 3 atom stereocenters. The Hall–Kier alpha value is -2.12. The van der Waals surface area contributed by atoms with E-state index in [0.29, 0.717) is 11.8 Å². The van der Waals surface area contributed by atoms with E-state index in [1.807, 2.05) is 19.1 Å². The second-order valence-corrected chi connectivity index (χ2v) is 8.95. The molecule has 0 amide bonds. The first-order valence-electron chi connectivity index (χ1n) is 9.95. The Kier molecular flexibility index (Phi) is 5.29. The standard InChI is InChI=1S/C21H28N4O2S/c1-5-17-22-21-25(23-17)20(26)19(28-21)18(15-7-6-8-16(10-15)27-4)24-11-13(2)9-14(3)12-24/h6-8,10,13-14,18,26H,5,9,11-12H2,1-4H3/t13-,14-,18-/m0/s1. The van der Waals surface area contributed by atoms with Crippen LogP contribution < -0.4 is 4.74 Å². The van der Waals surface area contributed by atoms with Gasteiger partial charge in [0, 0.05) is 19.5 Å². The second-order valence-electron chi connectivity index (χ2n) is 7.94. The minimum Gasteiger partial charge on any atom is -0.497 e. The Morgan fingerprint density at radius 3 is 2.68 bits per heavy atom. The van der Waals surface area contributed by atoms with E-state index in [1.165, 1.54) is 17.8 Å². The summed E-state index contributed by atoms with van der Waals surface area (Å²) in [6, 6.07) is 8.11. The molecule has 0 aliphatic carbocycles. The molecule has 7 heteroatoms. The van der Waals surface area contributed by atoms with Crippen molar-refractivity contribution in [1.29, 1.82) is 0 Å². The number of benzene rings is 1. The zero-order chi connectivity index (χ0) is 19.8. The highest BCUT2D eigenvalue weighted by molar-refractivity contribution is 7.17. The number of aromatic hydroxyl groups is 1. The predicted molar refractivity (Wildman–Crippen MR) is 111 cm³/mol. The van der Waals surface area contributed by atoms with Crippen molar-refractivity contribution in [2.75, 3.05) is 20.2 Å². The summed E-state index contributed by atoms with van der Waals surface area (Å²) >= 11 is 1.53. The first kappa shape index (κ1) is 19.2. The smallest absolute Gasteiger partial charge is 0.230 e. The van der Waals surface area contributed by atoms with Crippen molar-refractivity contribution >= 4 is 16.3 Å². The molecule has 1 aromatic carbocycles. The Balaban J connectivity index is 1.82. The number of thiazole rings is 1. The number of likely N-dealkylation sites (tertiary alicyclic amines) is 1. The summed E-state index contributed by atoms with van der Waals surface area (Å²) in [5.41, 5.74) is 1.12. The molecule has 1 aliphatic heterocycles. The molecule has 6 nitrogen and oxygen atoms in total. The zero-order valence-electron chi connectivity index (χ0n) is 16.9. The Bertz CT molecular complexity index is 957. The second kappa shape index (κ2) is 7.72. The van der Waals surface area contributed by atoms with Crippen LogP contribution in [0.4, 0.5) is 0 Å². The van der Waals surface area contributed by atoms with E-state index in [1.54, 1.807) is 11.6 Å². The first-order valence-corrected chi connectivity index (χ1v) is 10.8. The molecule has 1 fully saturated rings. The average molecular weight is 401 g/mol. The van der Waals surface area contributed by atoms with Gasteiger partial charge >= 0.3 is 0 Å². The maximum atomic E-state index is 11.0. The molecule has 0 unspecified atom stereocenters. The lowest BCUT2D eigenvalue weighted by molar-refractivity contribution is 0.111. The van der Waals surface area contributed by atoms with Crippen LogP contribution in [0.3, 0.4) is 0 Å². The number of aryl methyl sites for hydroxylation is 1. The number of piperidine rings is 1. The van der Waals surface area contributed by atoms with Crippen LogP contribution in [-0.2, 0) is 6.42 Å². The normalized spacial score (nSPS) is 21.9. The molecular formula is C21H28N4O2S. The van der Waals surface area contributed by atoms with Gasteiger partial charge in [-0.05, 0) is 36.0 Å². The van der Waals surface area contributed by atoms with Gasteiger partial charge < -0.3 is 9.84 Å². The van der Waals surface area contributed by atoms with Crippen LogP contribution in [0, 0.1) is 11.8 Å². The third kappa shape index (κ3) is 3.49. The van der Waals surface area contributed by atoms with E-state index in [9.17, 15) is 5.11 Å². The molecular weight excluding hydrogens is 372 g/mol. The van der Waals surface area contributed by atoms with Crippen LogP contribution in [0.25, 0.3) is 4.96 Å². The third-order valence-electron chi connectivity index (χ3n) is 5.48. The van der Waals surface area contributed by atoms with Gasteiger partial charge in [-0.15, -0.1) is 5.10 Å². The molecule has 1 N–H and O–H groups in total. The molecule has 0 spiro atoms. The Morgan fingerprint density at radius 2 is 2.04 bits per heavy atom. The topological polar surface area (TPSA) is 62.9 Å². The van der Waals surface area contributed by atoms with Crippen LogP contribution >= 0.6 is 11.3 Å². The Labute approximate surface area is 169 Å². The maximum Gasteiger partial charge on any atom is 0.230 e. The lowest BCUT2D eigenvalue weighted by Crippen LogP contribution is -2.41. The molecule has 2 aromatic heterocycles. The molecule has 4 rings (SSSR count). The van der Waals surface area contributed by atoms with Gasteiger partial charge in [-0.1, -0.05) is 44.2 Å². The number of rotatable bonds is 5. The van der Waals surface area contributed by atoms with Gasteiger partial charge in [0.05, 0.1) is 18.0 Å². The monoisotopic (exact) mass is 400 g/mol. The van der Waals surface area contributed by atoms with Crippen molar-refractivity contribution in [2.24, 2.45) is 11.8 Å². The quantitative estimate of drug-likeness (QED) is 0.698. The highest BCUT2D eigenvalue weighted by atomic mass is 32.1. The molecule has 150 valence electrons. The van der Waals surface area contributed by atoms with E-state index in [4.69, 9.17) is 4.74 Å². The molecule has 0 bridgehead atoms. The Morgan fingerprint density at radius 1 is 1.29 bits per heavy atom. The molecule has 0 saturated carbocycles. The van der Waals surface area contributed by atoms with Crippen molar-refractivity contribution < 1.29 is 9.84 Å². The minimum atomic E-state index is -0.0427. The van der Waals surface area contributed by atoms with Crippen LogP contribution in [0.1, 0.15) is 49.5 Å². The summed E-state index contributed by atoms with van der Waals surface area (Å²) in [6.07, 6.45) is 1.99. The minimum absolute atomic E-state index is 0.0427. The fourth-order valence-electron chi connectivity index (χ4n) is 4.38. The van der Waals surface area contributed by atoms with E-state index >= 15 is 0 Å². The largest absolute Gasteiger partial charge is 0.497 e. The number of hydrogen-bond acceptors (Lipinski definition) is 6. The number of fused-ring (bicyclic) bond motifs is 1. The summed E-state index contributed by atoms with van der Waals surface area (Å²) < 4.78 is 7.05. The van der Waals surface area contributed by atoms with Crippen LogP contribution in [-0.4, -0.2) is 44.8 Å². The van der Waals surface area contributed by atoms with Gasteiger partial charge in [-0.25, -0.2) is 4.98 Å². The summed E-state index contributed by atoms with van der Waals surface area (Å²) in [6.45, 7) is 8.63. The van der Waals surface area contributed by atoms with Gasteiger partial charge in [-0.3, -0.25) is 4.90 Å². The summed E-state index contributed by atoms with van der Waals surface area (Å²) in [4.78, 5) is 8.69. The van der Waals surface area contributed by atoms with Crippen LogP contribution in [0.15, 0.2) is 24.3 Å². The van der Waals surface area contributed by atoms with Crippen molar-refractivity contribution in [1.82, 2.24) is 19.5 Å². The lowest BCUT2D eigenvalue weighted by Gasteiger charge is -2.40. The van der Waals surface area contributed by atoms with E-state index in [-0.39, 0.29) is 11.9 Å². The zero-order valence-corrected chi connectivity index (χ0v) is 17.7. The number of ether oxygens (including phenoxy) is 1. The summed E-state index contributed by atoms with van der Waals surface area (Å²) in [7, 11) is 1.69. The molecule has 3 heterocycles. The van der Waals surface area contributed by atoms with E-state index < -0.39 is 0 Å². The van der Waals surface area contributed by atoms with E-state index in [2.05, 4.69) is 41.0 Å². The van der Waals surface area contributed by atoms with Gasteiger partial charge in [0.25, 0.3) is 0 Å². The van der Waals surface area contributed by atoms with Crippen LogP contribution in [0.5, 0.6) is 11.6 Å². The highest BCUT2D eigenvalue weighted by Gasteiger charge is 2.33. The fraction of sp³-hybridized carbons (Fsp3) is 0.524. The number of aromatic nitrogens is 3. The average Bonchev–Trinajstić information content (AvgIpc) is 3.21. The van der Waals surface area contributed by atoms with Crippen LogP contribution in [0.2, 0.25) is 0 Å². The van der Waals surface area contributed by atoms with Gasteiger partial charge in [-0.2, -0.15) is 4.52 Å². The van der Waals surface area contributed by atoms with Crippen molar-refractivity contribution in [2.45, 2.75) is 39.7 Å². The number of nitrogens with zero attached hydrogens (tertiary/aromatic N) is 4. The van der Waals surface area contributed by atoms with Crippen molar-refractivity contribution in [3.05, 3.63) is 40.5 Å². The maximum absolute atomic E-state index is 11.0. The molecule has 1 aliphatic rings. The van der Waals surface area contributed by atoms with E-state index in [0.717, 1.165) is 46.5 Å². The van der Waals surface area contributed by atoms with Crippen molar-refractivity contribution in [3.8, 4) is 11.6 Å². The van der Waals surface area contributed by atoms with Gasteiger partial charge in [0.2, 0.25) is 10.8 Å². The summed E-state index contributed by atoms with van der Waals surface area (Å²) in [5.74, 6) is 3.02. The first-order chi connectivity index (χ1) is 13.5. The van der Waals surface area contributed by atoms with Gasteiger partial charge in [0.1, 0.15) is 5.75 Å². The summed E-state index contributed by atoms with van der Waals surface area (Å²) in [5, 5.41) is 15.5. The fourth-order valence-corrected chi connectivity index (χ4v) is 5.52. The predicted octanol–water partition coefficient (Wildman–Crippen LogP) is 4.13. The molecule has 28 heavy (non-hydrogen) atoms. The number of hydrogen-bond donors (Lipinski definition) is 1. The molecule has 0 radical (unpaired) electrons. The SMILES string of the molecule is CCc1nc2sc([C@H](c3cccc(OC)c3)N3C[C@@H](C)C[C@H](C)C3)c(O)n2n1. The lowest BCUT2D eigenvalue weighted by atomic mass is 9.89. The highest BCUT2D eigenvalue weighted by Crippen LogP contribution is 2.42. The third-order valence-corrected chi connectivity index (χ3v) is 6.55. The molecule has 1 saturated heterocycles. The van der Waals surface area contributed by atoms with Gasteiger partial charge in [0.15, 0.2) is 5.82 Å². The molecule has 3 aromatic rings. The van der Waals surface area contributed by atoms with Crippen molar-refractivity contribution in [3.63, 3.8) is 0 Å². The number of methoxy groups -OCH3 is 1.